The molecular formula is C26H30N6O4. The van der Waals surface area contributed by atoms with Crippen LogP contribution in [-0.2, 0) is 21.5 Å². The second-order valence-electron chi connectivity index (χ2n) is 10.1. The Labute approximate surface area is 208 Å². The molecule has 1 aliphatic rings. The Morgan fingerprint density at radius 1 is 1.14 bits per heavy atom. The molecule has 0 saturated carbocycles. The fraction of sp³-hybridized carbons (Fsp3) is 0.385. The van der Waals surface area contributed by atoms with E-state index in [0.717, 1.165) is 10.2 Å². The Morgan fingerprint density at radius 2 is 1.86 bits per heavy atom. The van der Waals surface area contributed by atoms with Crippen molar-refractivity contribution < 1.29 is 14.4 Å². The van der Waals surface area contributed by atoms with Crippen molar-refractivity contribution in [3.05, 3.63) is 69.5 Å². The Hall–Kier alpha value is -4.08. The van der Waals surface area contributed by atoms with Gasteiger partial charge in [0.15, 0.2) is 0 Å². The molecule has 2 aromatic carbocycles. The van der Waals surface area contributed by atoms with Gasteiger partial charge in [0.1, 0.15) is 11.6 Å². The average molecular weight is 491 g/mol. The predicted octanol–water partition coefficient (Wildman–Crippen LogP) is 2.63. The molecule has 36 heavy (non-hydrogen) atoms. The fourth-order valence-corrected chi connectivity index (χ4v) is 4.10. The van der Waals surface area contributed by atoms with Gasteiger partial charge in [0, 0.05) is 13.0 Å². The normalized spacial score (nSPS) is 16.9. The molecule has 2 unspecified atom stereocenters. The molecule has 1 aromatic heterocycles. The molecule has 0 aliphatic carbocycles. The van der Waals surface area contributed by atoms with Crippen molar-refractivity contribution in [3.8, 4) is 0 Å². The predicted molar refractivity (Wildman–Crippen MR) is 134 cm³/mol. The number of nitrogens with one attached hydrogen (secondary N) is 3. The van der Waals surface area contributed by atoms with Crippen molar-refractivity contribution in [1.29, 1.82) is 0 Å². The molecule has 3 aromatic rings. The molecule has 10 nitrogen and oxygen atoms in total. The lowest BCUT2D eigenvalue weighted by Crippen LogP contribution is -2.45. The van der Waals surface area contributed by atoms with Gasteiger partial charge in [0.25, 0.3) is 11.5 Å². The minimum Gasteiger partial charge on any atom is -0.334 e. The van der Waals surface area contributed by atoms with Crippen molar-refractivity contribution in [2.75, 3.05) is 0 Å². The van der Waals surface area contributed by atoms with Crippen LogP contribution in [0.1, 0.15) is 69.3 Å². The van der Waals surface area contributed by atoms with Crippen molar-refractivity contribution in [2.45, 2.75) is 64.6 Å². The summed E-state index contributed by atoms with van der Waals surface area (Å²) in [6.07, 6.45) is 0.306. The number of hydrogen-bond donors (Lipinski definition) is 3. The summed E-state index contributed by atoms with van der Waals surface area (Å²) in [4.78, 5) is 49.2. The van der Waals surface area contributed by atoms with Crippen LogP contribution in [0.25, 0.3) is 10.9 Å². The Bertz CT molecular complexity index is 1370. The summed E-state index contributed by atoms with van der Waals surface area (Å²) in [6.45, 7) is 8.65. The number of amides is 4. The molecule has 3 N–H and O–H groups in total. The van der Waals surface area contributed by atoms with Crippen molar-refractivity contribution in [2.24, 2.45) is 0 Å². The number of rotatable bonds is 5. The smallest absolute Gasteiger partial charge is 0.315 e. The SMILES string of the molecule is CC(NC(=O)NCc1ccc(C(C)(C)C)cc1)c1ccc2nnn(C3CCC(=O)NC3=O)c(=O)c2c1. The largest absolute Gasteiger partial charge is 0.334 e. The summed E-state index contributed by atoms with van der Waals surface area (Å²) < 4.78 is 1.02. The number of nitrogens with zero attached hydrogens (tertiary/aromatic N) is 3. The van der Waals surface area contributed by atoms with E-state index in [4.69, 9.17) is 0 Å². The van der Waals surface area contributed by atoms with Crippen LogP contribution < -0.4 is 21.5 Å². The van der Waals surface area contributed by atoms with Crippen LogP contribution in [0.2, 0.25) is 0 Å². The molecule has 0 radical (unpaired) electrons. The lowest BCUT2D eigenvalue weighted by molar-refractivity contribution is -0.136. The molecule has 2 heterocycles. The summed E-state index contributed by atoms with van der Waals surface area (Å²) in [5.41, 5.74) is 2.88. The van der Waals surface area contributed by atoms with E-state index in [1.54, 1.807) is 18.2 Å². The van der Waals surface area contributed by atoms with E-state index in [9.17, 15) is 19.2 Å². The van der Waals surface area contributed by atoms with Gasteiger partial charge in [-0.25, -0.2) is 4.79 Å². The monoisotopic (exact) mass is 490 g/mol. The molecule has 0 spiro atoms. The van der Waals surface area contributed by atoms with Gasteiger partial charge in [-0.15, -0.1) is 5.10 Å². The Balaban J connectivity index is 1.44. The first kappa shape index (κ1) is 25.0. The first-order chi connectivity index (χ1) is 17.0. The van der Waals surface area contributed by atoms with Gasteiger partial charge in [0.05, 0.1) is 11.4 Å². The molecular weight excluding hydrogens is 460 g/mol. The Kier molecular flexibility index (Phi) is 6.87. The number of fused-ring (bicyclic) bond motifs is 1. The first-order valence-corrected chi connectivity index (χ1v) is 11.9. The minimum atomic E-state index is -0.894. The quantitative estimate of drug-likeness (QED) is 0.471. The zero-order chi connectivity index (χ0) is 26.0. The van der Waals surface area contributed by atoms with Crippen molar-refractivity contribution in [1.82, 2.24) is 30.9 Å². The van der Waals surface area contributed by atoms with Crippen molar-refractivity contribution >= 4 is 28.7 Å². The number of hydrogen-bond acceptors (Lipinski definition) is 6. The van der Waals surface area contributed by atoms with Gasteiger partial charge < -0.3 is 10.6 Å². The maximum Gasteiger partial charge on any atom is 0.315 e. The van der Waals surface area contributed by atoms with Crippen LogP contribution in [0.5, 0.6) is 0 Å². The fourth-order valence-electron chi connectivity index (χ4n) is 4.10. The summed E-state index contributed by atoms with van der Waals surface area (Å²) in [5, 5.41) is 16.2. The highest BCUT2D eigenvalue weighted by Gasteiger charge is 2.30. The van der Waals surface area contributed by atoms with Crippen LogP contribution in [0.4, 0.5) is 4.79 Å². The third-order valence-electron chi connectivity index (χ3n) is 6.33. The molecule has 188 valence electrons. The maximum atomic E-state index is 13.1. The number of aromatic nitrogens is 3. The van der Waals surface area contributed by atoms with E-state index in [1.165, 1.54) is 5.56 Å². The molecule has 1 aliphatic heterocycles. The molecule has 1 fully saturated rings. The number of benzene rings is 2. The Morgan fingerprint density at radius 3 is 2.53 bits per heavy atom. The van der Waals surface area contributed by atoms with Crippen LogP contribution in [0, 0.1) is 0 Å². The van der Waals surface area contributed by atoms with Gasteiger partial charge in [0.2, 0.25) is 5.91 Å². The third-order valence-corrected chi connectivity index (χ3v) is 6.33. The molecule has 10 heteroatoms. The molecule has 4 rings (SSSR count). The van der Waals surface area contributed by atoms with Crippen LogP contribution in [0.15, 0.2) is 47.3 Å². The molecule has 1 saturated heterocycles. The standard InChI is InChI=1S/C26H30N6O4/c1-15(28-25(36)27-14-16-5-8-18(9-6-16)26(2,3)4)17-7-10-20-19(13-17)24(35)32(31-30-20)21-11-12-22(33)29-23(21)34/h5-10,13,15,21H,11-12,14H2,1-4H3,(H2,27,28,36)(H,29,33,34). The van der Waals surface area contributed by atoms with Gasteiger partial charge in [-0.2, -0.15) is 4.68 Å². The minimum absolute atomic E-state index is 0.0648. The third kappa shape index (κ3) is 5.42. The summed E-state index contributed by atoms with van der Waals surface area (Å²) >= 11 is 0. The van der Waals surface area contributed by atoms with E-state index >= 15 is 0 Å². The number of carbonyl (C=O) groups is 3. The van der Waals surface area contributed by atoms with E-state index in [-0.39, 0.29) is 35.6 Å². The van der Waals surface area contributed by atoms with E-state index < -0.39 is 23.6 Å². The van der Waals surface area contributed by atoms with Crippen LogP contribution >= 0.6 is 0 Å². The lowest BCUT2D eigenvalue weighted by atomic mass is 9.87. The van der Waals surface area contributed by atoms with Gasteiger partial charge in [-0.3, -0.25) is 19.7 Å². The highest BCUT2D eigenvalue weighted by atomic mass is 16.2. The summed E-state index contributed by atoms with van der Waals surface area (Å²) in [5.74, 6) is -0.946. The average Bonchev–Trinajstić information content (AvgIpc) is 2.83. The van der Waals surface area contributed by atoms with Gasteiger partial charge >= 0.3 is 6.03 Å². The summed E-state index contributed by atoms with van der Waals surface area (Å²) in [7, 11) is 0. The topological polar surface area (TPSA) is 135 Å². The number of piperidine rings is 1. The summed E-state index contributed by atoms with van der Waals surface area (Å²) in [6, 6.07) is 11.6. The highest BCUT2D eigenvalue weighted by molar-refractivity contribution is 5.99. The lowest BCUT2D eigenvalue weighted by Gasteiger charge is -2.21. The van der Waals surface area contributed by atoms with E-state index in [0.29, 0.717) is 17.6 Å². The second kappa shape index (κ2) is 9.88. The first-order valence-electron chi connectivity index (χ1n) is 11.9. The zero-order valence-corrected chi connectivity index (χ0v) is 20.8. The van der Waals surface area contributed by atoms with Gasteiger partial charge in [-0.05, 0) is 47.6 Å². The van der Waals surface area contributed by atoms with Gasteiger partial charge in [-0.1, -0.05) is 56.3 Å². The number of imide groups is 1. The van der Waals surface area contributed by atoms with Crippen LogP contribution in [-0.4, -0.2) is 32.8 Å². The molecule has 2 atom stereocenters. The maximum absolute atomic E-state index is 13.1. The van der Waals surface area contributed by atoms with E-state index in [2.05, 4.69) is 59.2 Å². The molecule has 0 bridgehead atoms. The number of urea groups is 1. The van der Waals surface area contributed by atoms with Crippen LogP contribution in [0.3, 0.4) is 0 Å². The van der Waals surface area contributed by atoms with Crippen molar-refractivity contribution in [3.63, 3.8) is 0 Å². The van der Waals surface area contributed by atoms with E-state index in [1.807, 2.05) is 19.1 Å². The number of carbonyl (C=O) groups excluding carboxylic acids is 3. The second-order valence-corrected chi connectivity index (χ2v) is 10.1. The molecule has 4 amide bonds. The zero-order valence-electron chi connectivity index (χ0n) is 20.8. The highest BCUT2D eigenvalue weighted by Crippen LogP contribution is 2.22.